The van der Waals surface area contributed by atoms with Gasteiger partial charge >= 0.3 is 5.97 Å². The van der Waals surface area contributed by atoms with Crippen molar-refractivity contribution in [3.63, 3.8) is 0 Å². The molecule has 0 amide bonds. The van der Waals surface area contributed by atoms with Gasteiger partial charge in [-0.15, -0.1) is 0 Å². The van der Waals surface area contributed by atoms with Crippen LogP contribution in [0.2, 0.25) is 5.02 Å². The highest BCUT2D eigenvalue weighted by Crippen LogP contribution is 2.36. The molecule has 0 saturated heterocycles. The number of hydrogen-bond donors (Lipinski definition) is 0. The molecule has 7 nitrogen and oxygen atoms in total. The number of thiazole rings is 1. The lowest BCUT2D eigenvalue weighted by Crippen LogP contribution is -2.40. The maximum atomic E-state index is 14.3. The fourth-order valence-electron chi connectivity index (χ4n) is 5.23. The Morgan fingerprint density at radius 3 is 2.32 bits per heavy atom. The summed E-state index contributed by atoms with van der Waals surface area (Å²) in [6.45, 7) is 2.34. The van der Waals surface area contributed by atoms with Gasteiger partial charge in [0.25, 0.3) is 5.56 Å². The molecule has 0 bridgehead atoms. The SMILES string of the molecule is CCOC(=O)C1=C(c2ccccc2)N=c2s/c(=C\c3cc(I)c(OCc4ccc(Cl)cc4)c(I)c3)c(=O)n2[C@@H]1c1ccc(OC)cc1. The Morgan fingerprint density at radius 1 is 1.00 bits per heavy atom. The number of benzene rings is 4. The standard InChI is InChI=1S/C36H27ClI2N2O5S/c1-3-45-35(43)30-31(23-7-5-4-6-8-23)40-36-41(32(30)24-11-15-26(44-2)16-12-24)34(42)29(47-36)19-22-17-27(38)33(28(39)18-22)46-20-21-9-13-25(37)14-10-21/h4-19,32H,3,20H2,1-2H3/b29-19-/t32-/m1/s1. The molecule has 0 saturated carbocycles. The van der Waals surface area contributed by atoms with Gasteiger partial charge in [0, 0.05) is 10.6 Å². The molecule has 0 unspecified atom stereocenters. The van der Waals surface area contributed by atoms with E-state index in [2.05, 4.69) is 45.2 Å². The van der Waals surface area contributed by atoms with E-state index in [0.717, 1.165) is 35.1 Å². The lowest BCUT2D eigenvalue weighted by atomic mass is 9.93. The van der Waals surface area contributed by atoms with Crippen LogP contribution < -0.4 is 24.4 Å². The molecule has 6 rings (SSSR count). The van der Waals surface area contributed by atoms with Crippen molar-refractivity contribution in [1.29, 1.82) is 0 Å². The second-order valence-electron chi connectivity index (χ2n) is 10.4. The molecule has 2 heterocycles. The molecule has 0 N–H and O–H groups in total. The maximum absolute atomic E-state index is 14.3. The second-order valence-corrected chi connectivity index (χ2v) is 14.2. The lowest BCUT2D eigenvalue weighted by molar-refractivity contribution is -0.138. The number of ether oxygens (including phenoxy) is 3. The minimum Gasteiger partial charge on any atom is -0.497 e. The Morgan fingerprint density at radius 2 is 1.68 bits per heavy atom. The highest BCUT2D eigenvalue weighted by molar-refractivity contribution is 14.1. The van der Waals surface area contributed by atoms with Crippen LogP contribution in [0.1, 0.15) is 35.2 Å². The number of esters is 1. The number of hydrogen-bond acceptors (Lipinski definition) is 7. The summed E-state index contributed by atoms with van der Waals surface area (Å²) in [5, 5.41) is 0.677. The summed E-state index contributed by atoms with van der Waals surface area (Å²) >= 11 is 11.8. The molecule has 11 heteroatoms. The molecular weight excluding hydrogens is 862 g/mol. The summed E-state index contributed by atoms with van der Waals surface area (Å²) < 4.78 is 21.0. The molecule has 47 heavy (non-hydrogen) atoms. The fraction of sp³-hybridized carbons (Fsp3) is 0.139. The summed E-state index contributed by atoms with van der Waals surface area (Å²) in [4.78, 5) is 33.3. The Labute approximate surface area is 307 Å². The number of rotatable bonds is 9. The van der Waals surface area contributed by atoms with Gasteiger partial charge in [-0.1, -0.05) is 77.5 Å². The van der Waals surface area contributed by atoms with E-state index in [1.165, 1.54) is 11.3 Å². The largest absolute Gasteiger partial charge is 0.497 e. The van der Waals surface area contributed by atoms with E-state index in [4.69, 9.17) is 30.8 Å². The molecule has 5 aromatic rings. The van der Waals surface area contributed by atoms with E-state index >= 15 is 0 Å². The highest BCUT2D eigenvalue weighted by Gasteiger charge is 2.35. The van der Waals surface area contributed by atoms with Crippen molar-refractivity contribution in [3.8, 4) is 11.5 Å². The summed E-state index contributed by atoms with van der Waals surface area (Å²) in [5.41, 5.74) is 3.86. The molecule has 0 spiro atoms. The summed E-state index contributed by atoms with van der Waals surface area (Å²) in [7, 11) is 1.59. The first-order valence-corrected chi connectivity index (χ1v) is 17.9. The number of methoxy groups -OCH3 is 1. The van der Waals surface area contributed by atoms with Crippen molar-refractivity contribution in [2.24, 2.45) is 4.99 Å². The number of halogens is 3. The van der Waals surface area contributed by atoms with Crippen molar-refractivity contribution in [1.82, 2.24) is 4.57 Å². The first-order valence-electron chi connectivity index (χ1n) is 14.6. The smallest absolute Gasteiger partial charge is 0.338 e. The molecule has 4 aromatic carbocycles. The molecular formula is C36H27ClI2N2O5S. The predicted octanol–water partition coefficient (Wildman–Crippen LogP) is 7.39. The molecule has 1 aliphatic rings. The summed E-state index contributed by atoms with van der Waals surface area (Å²) in [6.07, 6.45) is 1.86. The van der Waals surface area contributed by atoms with Crippen molar-refractivity contribution in [2.75, 3.05) is 13.7 Å². The van der Waals surface area contributed by atoms with Crippen molar-refractivity contribution in [3.05, 3.63) is 151 Å². The molecule has 0 radical (unpaired) electrons. The normalized spacial score (nSPS) is 14.4. The Kier molecular flexibility index (Phi) is 10.5. The molecule has 1 aliphatic heterocycles. The average molecular weight is 889 g/mol. The van der Waals surface area contributed by atoms with E-state index in [-0.39, 0.29) is 12.2 Å². The summed E-state index contributed by atoms with van der Waals surface area (Å²) in [6, 6.07) is 27.6. The predicted molar refractivity (Wildman–Crippen MR) is 202 cm³/mol. The number of aromatic nitrogens is 1. The molecule has 238 valence electrons. The zero-order chi connectivity index (χ0) is 33.1. The lowest BCUT2D eigenvalue weighted by Gasteiger charge is -2.26. The third-order valence-electron chi connectivity index (χ3n) is 7.42. The fourth-order valence-corrected chi connectivity index (χ4v) is 8.48. The van der Waals surface area contributed by atoms with E-state index in [0.29, 0.717) is 38.0 Å². The van der Waals surface area contributed by atoms with E-state index in [1.807, 2.05) is 97.1 Å². The van der Waals surface area contributed by atoms with E-state index in [1.54, 1.807) is 18.6 Å². The zero-order valence-corrected chi connectivity index (χ0v) is 31.1. The third kappa shape index (κ3) is 7.20. The summed E-state index contributed by atoms with van der Waals surface area (Å²) in [5.74, 6) is 0.908. The minimum atomic E-state index is -0.766. The van der Waals surface area contributed by atoms with E-state index < -0.39 is 12.0 Å². The van der Waals surface area contributed by atoms with Crippen molar-refractivity contribution >= 4 is 85.9 Å². The third-order valence-corrected chi connectivity index (χ3v) is 10.3. The van der Waals surface area contributed by atoms with Gasteiger partial charge in [0.2, 0.25) is 0 Å². The molecule has 1 aromatic heterocycles. The Bertz CT molecular complexity index is 2140. The topological polar surface area (TPSA) is 79.1 Å². The van der Waals surface area contributed by atoms with Gasteiger partial charge in [-0.05, 0) is 111 Å². The average Bonchev–Trinajstić information content (AvgIpc) is 3.38. The number of carbonyl (C=O) groups is 1. The van der Waals surface area contributed by atoms with Crippen molar-refractivity contribution in [2.45, 2.75) is 19.6 Å². The number of carbonyl (C=O) groups excluding carboxylic acids is 1. The molecule has 0 fully saturated rings. The van der Waals surface area contributed by atoms with Crippen LogP contribution >= 0.6 is 68.1 Å². The molecule has 0 aliphatic carbocycles. The zero-order valence-electron chi connectivity index (χ0n) is 25.2. The first-order chi connectivity index (χ1) is 22.8. The van der Waals surface area contributed by atoms with Gasteiger partial charge < -0.3 is 14.2 Å². The minimum absolute atomic E-state index is 0.181. The Balaban J connectivity index is 1.47. The second kappa shape index (κ2) is 14.8. The van der Waals surface area contributed by atoms with Crippen LogP contribution in [0.15, 0.2) is 106 Å². The van der Waals surface area contributed by atoms with Gasteiger partial charge in [-0.3, -0.25) is 9.36 Å². The highest BCUT2D eigenvalue weighted by atomic mass is 127. The maximum Gasteiger partial charge on any atom is 0.338 e. The number of fused-ring (bicyclic) bond motifs is 1. The van der Waals surface area contributed by atoms with Crippen molar-refractivity contribution < 1.29 is 19.0 Å². The van der Waals surface area contributed by atoms with Gasteiger partial charge in [0.1, 0.15) is 18.1 Å². The van der Waals surface area contributed by atoms with Crippen LogP contribution in [0.4, 0.5) is 0 Å². The van der Waals surface area contributed by atoms with E-state index in [9.17, 15) is 9.59 Å². The van der Waals surface area contributed by atoms with Crippen LogP contribution in [-0.4, -0.2) is 24.3 Å². The monoisotopic (exact) mass is 888 g/mol. The van der Waals surface area contributed by atoms with Gasteiger partial charge in [-0.2, -0.15) is 0 Å². The van der Waals surface area contributed by atoms with Gasteiger partial charge in [-0.25, -0.2) is 9.79 Å². The van der Waals surface area contributed by atoms with Crippen LogP contribution in [-0.2, 0) is 16.1 Å². The van der Waals surface area contributed by atoms with Crippen LogP contribution in [0.25, 0.3) is 11.8 Å². The first kappa shape index (κ1) is 33.4. The number of nitrogens with zero attached hydrogens (tertiary/aromatic N) is 2. The quantitative estimate of drug-likeness (QED) is 0.114. The van der Waals surface area contributed by atoms with Crippen LogP contribution in [0, 0.1) is 7.14 Å². The van der Waals surface area contributed by atoms with Gasteiger partial charge in [0.15, 0.2) is 4.80 Å². The van der Waals surface area contributed by atoms with Crippen LogP contribution in [0.3, 0.4) is 0 Å². The Hall–Kier alpha value is -3.46. The van der Waals surface area contributed by atoms with Crippen LogP contribution in [0.5, 0.6) is 11.5 Å². The van der Waals surface area contributed by atoms with Gasteiger partial charge in [0.05, 0.1) is 42.7 Å². The molecule has 1 atom stereocenters.